The van der Waals surface area contributed by atoms with Crippen LogP contribution in [0.4, 0.5) is 5.69 Å². The molecule has 7 rings (SSSR count). The number of imide groups is 2. The standard InChI is InChI=1S/C40H41N5O7/c1-40(2,26-10-14-28(15-11-26)52-24-32-29(6-4-18-42-32)34-23-41-19-21-51-34)25-8-12-27(13-9-25)50-22-20-43-31-7-3-5-30-36(31)39(49)45(38(30)48)33-16-17-35(46)44-37(33)47/h3-15,18,33-34,41,43H,16-17,19-24H2,1-2H3,(H,44,46,47). The number of amides is 4. The molecule has 2 saturated heterocycles. The number of piperidine rings is 1. The maximum absolute atomic E-state index is 13.3. The van der Waals surface area contributed by atoms with Gasteiger partial charge in [-0.25, -0.2) is 0 Å². The van der Waals surface area contributed by atoms with Gasteiger partial charge in [-0.15, -0.1) is 0 Å². The molecule has 12 nitrogen and oxygen atoms in total. The number of ether oxygens (including phenoxy) is 3. The first-order chi connectivity index (χ1) is 25.2. The highest BCUT2D eigenvalue weighted by Gasteiger charge is 2.45. The molecule has 0 bridgehead atoms. The lowest BCUT2D eigenvalue weighted by molar-refractivity contribution is -0.136. The first-order valence-corrected chi connectivity index (χ1v) is 17.5. The Balaban J connectivity index is 0.920. The van der Waals surface area contributed by atoms with Gasteiger partial charge in [0.2, 0.25) is 11.8 Å². The maximum Gasteiger partial charge on any atom is 0.264 e. The Morgan fingerprint density at radius 3 is 2.33 bits per heavy atom. The average Bonchev–Trinajstić information content (AvgIpc) is 3.42. The molecule has 0 saturated carbocycles. The van der Waals surface area contributed by atoms with Crippen molar-refractivity contribution in [1.82, 2.24) is 20.5 Å². The molecule has 3 aliphatic rings. The largest absolute Gasteiger partial charge is 0.492 e. The van der Waals surface area contributed by atoms with Gasteiger partial charge in [-0.1, -0.05) is 50.2 Å². The molecule has 0 spiro atoms. The third-order valence-electron chi connectivity index (χ3n) is 9.88. The van der Waals surface area contributed by atoms with Crippen LogP contribution in [0, 0.1) is 0 Å². The fourth-order valence-corrected chi connectivity index (χ4v) is 6.90. The van der Waals surface area contributed by atoms with Crippen molar-refractivity contribution in [3.05, 3.63) is 119 Å². The number of aromatic nitrogens is 1. The second-order valence-corrected chi connectivity index (χ2v) is 13.5. The van der Waals surface area contributed by atoms with Crippen molar-refractivity contribution in [2.24, 2.45) is 0 Å². The first-order valence-electron chi connectivity index (χ1n) is 17.5. The van der Waals surface area contributed by atoms with E-state index in [1.165, 1.54) is 0 Å². The van der Waals surface area contributed by atoms with Crippen molar-refractivity contribution in [3.63, 3.8) is 0 Å². The van der Waals surface area contributed by atoms with Gasteiger partial charge < -0.3 is 24.8 Å². The zero-order chi connectivity index (χ0) is 36.2. The number of anilines is 1. The highest BCUT2D eigenvalue weighted by atomic mass is 16.5. The highest BCUT2D eigenvalue weighted by Crippen LogP contribution is 2.35. The quantitative estimate of drug-likeness (QED) is 0.142. The smallest absolute Gasteiger partial charge is 0.264 e. The number of fused-ring (bicyclic) bond motifs is 1. The lowest BCUT2D eigenvalue weighted by Gasteiger charge is -2.27. The van der Waals surface area contributed by atoms with E-state index >= 15 is 0 Å². The predicted octanol–water partition coefficient (Wildman–Crippen LogP) is 4.54. The van der Waals surface area contributed by atoms with E-state index in [1.54, 1.807) is 24.4 Å². The van der Waals surface area contributed by atoms with Crippen LogP contribution in [-0.2, 0) is 26.3 Å². The number of morpholine rings is 1. The van der Waals surface area contributed by atoms with Gasteiger partial charge >= 0.3 is 0 Å². The summed E-state index contributed by atoms with van der Waals surface area (Å²) in [4.78, 5) is 56.0. The van der Waals surface area contributed by atoms with E-state index in [0.29, 0.717) is 37.8 Å². The summed E-state index contributed by atoms with van der Waals surface area (Å²) in [6.07, 6.45) is 1.92. The van der Waals surface area contributed by atoms with Gasteiger partial charge in [0.15, 0.2) is 0 Å². The summed E-state index contributed by atoms with van der Waals surface area (Å²) < 4.78 is 18.1. The zero-order valence-corrected chi connectivity index (χ0v) is 29.1. The molecule has 4 aromatic rings. The van der Waals surface area contributed by atoms with E-state index in [9.17, 15) is 19.2 Å². The Kier molecular flexibility index (Phi) is 10.0. The summed E-state index contributed by atoms with van der Waals surface area (Å²) >= 11 is 0. The molecule has 268 valence electrons. The van der Waals surface area contributed by atoms with Gasteiger partial charge in [-0.3, -0.25) is 34.4 Å². The summed E-state index contributed by atoms with van der Waals surface area (Å²) in [5.74, 6) is -0.688. The molecule has 1 aromatic heterocycles. The van der Waals surface area contributed by atoms with E-state index in [-0.39, 0.29) is 35.5 Å². The van der Waals surface area contributed by atoms with Crippen LogP contribution < -0.4 is 25.4 Å². The van der Waals surface area contributed by atoms with Gasteiger partial charge in [-0.05, 0) is 60.0 Å². The number of pyridine rings is 1. The van der Waals surface area contributed by atoms with Gasteiger partial charge in [0.1, 0.15) is 30.8 Å². The molecule has 0 aliphatic carbocycles. The second kappa shape index (κ2) is 14.9. The molecule has 12 heteroatoms. The van der Waals surface area contributed by atoms with E-state index in [4.69, 9.17) is 14.2 Å². The number of carbonyl (C=O) groups excluding carboxylic acids is 4. The lowest BCUT2D eigenvalue weighted by atomic mass is 9.78. The van der Waals surface area contributed by atoms with Crippen LogP contribution in [0.2, 0.25) is 0 Å². The van der Waals surface area contributed by atoms with E-state index < -0.39 is 29.7 Å². The molecule has 0 radical (unpaired) electrons. The Bertz CT molecular complexity index is 1970. The number of nitrogens with one attached hydrogen (secondary N) is 3. The number of rotatable bonds is 12. The molecule has 3 aromatic carbocycles. The van der Waals surface area contributed by atoms with Crippen LogP contribution in [-0.4, -0.2) is 72.4 Å². The number of hydrogen-bond acceptors (Lipinski definition) is 10. The topological polar surface area (TPSA) is 148 Å². The number of benzene rings is 3. The van der Waals surface area contributed by atoms with Gasteiger partial charge in [0.05, 0.1) is 29.5 Å². The molecule has 2 fully saturated rings. The molecule has 3 N–H and O–H groups in total. The van der Waals surface area contributed by atoms with Crippen LogP contribution in [0.15, 0.2) is 85.1 Å². The summed E-state index contributed by atoms with van der Waals surface area (Å²) in [5.41, 5.74) is 4.81. The maximum atomic E-state index is 13.3. The van der Waals surface area contributed by atoms with Crippen molar-refractivity contribution < 1.29 is 33.4 Å². The molecule has 3 aliphatic heterocycles. The zero-order valence-electron chi connectivity index (χ0n) is 29.1. The fraction of sp³-hybridized carbons (Fsp3) is 0.325. The van der Waals surface area contributed by atoms with Crippen molar-refractivity contribution in [2.75, 3.05) is 38.2 Å². The van der Waals surface area contributed by atoms with Crippen molar-refractivity contribution >= 4 is 29.3 Å². The monoisotopic (exact) mass is 703 g/mol. The van der Waals surface area contributed by atoms with E-state index in [0.717, 1.165) is 46.1 Å². The Hall–Kier alpha value is -5.59. The van der Waals surface area contributed by atoms with Crippen LogP contribution in [0.5, 0.6) is 11.5 Å². The van der Waals surface area contributed by atoms with Crippen LogP contribution in [0.1, 0.15) is 75.9 Å². The molecule has 2 unspecified atom stereocenters. The van der Waals surface area contributed by atoms with Crippen molar-refractivity contribution in [1.29, 1.82) is 0 Å². The average molecular weight is 704 g/mol. The summed E-state index contributed by atoms with van der Waals surface area (Å²) in [7, 11) is 0. The lowest BCUT2D eigenvalue weighted by Crippen LogP contribution is -2.54. The highest BCUT2D eigenvalue weighted by molar-refractivity contribution is 6.25. The van der Waals surface area contributed by atoms with Crippen molar-refractivity contribution in [2.45, 2.75) is 50.9 Å². The Labute approximate surface area is 301 Å². The van der Waals surface area contributed by atoms with E-state index in [2.05, 4.69) is 59.0 Å². The molecule has 2 atom stereocenters. The summed E-state index contributed by atoms with van der Waals surface area (Å²) in [5, 5.41) is 8.79. The third-order valence-corrected chi connectivity index (χ3v) is 9.88. The van der Waals surface area contributed by atoms with Gasteiger partial charge in [-0.2, -0.15) is 0 Å². The number of nitrogens with zero attached hydrogens (tertiary/aromatic N) is 2. The van der Waals surface area contributed by atoms with Gasteiger partial charge in [0, 0.05) is 48.9 Å². The Morgan fingerprint density at radius 1 is 0.904 bits per heavy atom. The predicted molar refractivity (Wildman–Crippen MR) is 192 cm³/mol. The summed E-state index contributed by atoms with van der Waals surface area (Å²) in [6.45, 7) is 7.65. The van der Waals surface area contributed by atoms with Crippen LogP contribution in [0.25, 0.3) is 0 Å². The molecular weight excluding hydrogens is 662 g/mol. The summed E-state index contributed by atoms with van der Waals surface area (Å²) in [6, 6.07) is 24.1. The molecule has 4 amide bonds. The minimum atomic E-state index is -1.01. The second-order valence-electron chi connectivity index (χ2n) is 13.5. The van der Waals surface area contributed by atoms with E-state index in [1.807, 2.05) is 36.4 Å². The SMILES string of the molecule is CC(C)(c1ccc(OCCNc2cccc3c2C(=O)N(C2CCC(=O)NC2=O)C3=O)cc1)c1ccc(OCc2ncccc2C2CNCCO2)cc1. The van der Waals surface area contributed by atoms with Gasteiger partial charge in [0.25, 0.3) is 11.8 Å². The normalized spacial score (nSPS) is 18.9. The minimum absolute atomic E-state index is 0.0329. The van der Waals surface area contributed by atoms with Crippen LogP contribution in [0.3, 0.4) is 0 Å². The van der Waals surface area contributed by atoms with Crippen molar-refractivity contribution in [3.8, 4) is 11.5 Å². The molecular formula is C40H41N5O7. The number of hydrogen-bond donors (Lipinski definition) is 3. The fourth-order valence-electron chi connectivity index (χ4n) is 6.90. The molecule has 4 heterocycles. The molecule has 52 heavy (non-hydrogen) atoms. The third kappa shape index (κ3) is 7.12. The number of carbonyl (C=O) groups is 4. The first kappa shape index (κ1) is 34.8. The minimum Gasteiger partial charge on any atom is -0.492 e. The Morgan fingerprint density at radius 2 is 1.63 bits per heavy atom. The van der Waals surface area contributed by atoms with Crippen LogP contribution >= 0.6 is 0 Å².